The van der Waals surface area contributed by atoms with Crippen molar-refractivity contribution < 1.29 is 9.84 Å². The van der Waals surface area contributed by atoms with Crippen molar-refractivity contribution in [2.75, 3.05) is 13.2 Å². The lowest BCUT2D eigenvalue weighted by Crippen LogP contribution is -2.37. The molecule has 1 heterocycles. The van der Waals surface area contributed by atoms with Crippen LogP contribution in [0.3, 0.4) is 0 Å². The molecule has 158 valence electrons. The first-order chi connectivity index (χ1) is 14.7. The second-order valence-corrected chi connectivity index (χ2v) is 6.76. The van der Waals surface area contributed by atoms with Gasteiger partial charge in [0.05, 0.1) is 19.7 Å². The zero-order chi connectivity index (χ0) is 21.2. The maximum absolute atomic E-state index is 9.86. The van der Waals surface area contributed by atoms with Gasteiger partial charge in [-0.15, -0.1) is 0 Å². The van der Waals surface area contributed by atoms with Gasteiger partial charge in [0, 0.05) is 25.5 Å². The van der Waals surface area contributed by atoms with Crippen LogP contribution in [0.2, 0.25) is 0 Å². The first kappa shape index (κ1) is 21.2. The lowest BCUT2D eigenvalue weighted by atomic mass is 10.1. The predicted molar refractivity (Wildman–Crippen MR) is 119 cm³/mol. The van der Waals surface area contributed by atoms with Gasteiger partial charge < -0.3 is 20.5 Å². The minimum Gasteiger partial charge on any atom is -0.504 e. The number of phenols is 1. The number of hydrogen-bond donors (Lipinski definition) is 3. The molecule has 7 heteroatoms. The molecule has 3 aromatic rings. The second kappa shape index (κ2) is 10.9. The fourth-order valence-corrected chi connectivity index (χ4v) is 3.07. The summed E-state index contributed by atoms with van der Waals surface area (Å²) < 4.78 is 7.37. The number of phenolic OH excluding ortho intramolecular Hbond substituents is 1. The summed E-state index contributed by atoms with van der Waals surface area (Å²) in [6.07, 6.45) is 3.75. The first-order valence-electron chi connectivity index (χ1n) is 10.2. The third-order valence-corrected chi connectivity index (χ3v) is 4.54. The standard InChI is InChI=1S/C23H29N5O2/c1-3-24-23(25-15-18-10-11-21(29)22(14-18)30-4-2)26-16-19-8-5-6-9-20(19)17-28-13-7-12-27-28/h5-14,29H,3-4,15-17H2,1-2H3,(H2,24,25,26). The molecule has 0 atom stereocenters. The molecule has 3 rings (SSSR count). The molecule has 0 aliphatic heterocycles. The molecular formula is C23H29N5O2. The Hall–Kier alpha value is -3.48. The van der Waals surface area contributed by atoms with Crippen molar-refractivity contribution in [1.29, 1.82) is 0 Å². The van der Waals surface area contributed by atoms with E-state index in [1.54, 1.807) is 12.3 Å². The van der Waals surface area contributed by atoms with Crippen molar-refractivity contribution in [3.8, 4) is 11.5 Å². The average Bonchev–Trinajstić information content (AvgIpc) is 3.26. The molecule has 0 unspecified atom stereocenters. The Balaban J connectivity index is 1.67. The van der Waals surface area contributed by atoms with Gasteiger partial charge in [-0.05, 0) is 48.7 Å². The minimum atomic E-state index is 0.142. The van der Waals surface area contributed by atoms with Crippen LogP contribution in [-0.4, -0.2) is 34.0 Å². The van der Waals surface area contributed by atoms with E-state index in [4.69, 9.17) is 4.74 Å². The number of guanidine groups is 1. The molecule has 0 saturated carbocycles. The lowest BCUT2D eigenvalue weighted by Gasteiger charge is -2.14. The molecule has 0 spiro atoms. The van der Waals surface area contributed by atoms with Crippen molar-refractivity contribution >= 4 is 5.96 Å². The van der Waals surface area contributed by atoms with Gasteiger partial charge in [-0.25, -0.2) is 4.99 Å². The quantitative estimate of drug-likeness (QED) is 0.374. The van der Waals surface area contributed by atoms with E-state index in [1.807, 2.05) is 55.1 Å². The molecule has 0 radical (unpaired) electrons. The van der Waals surface area contributed by atoms with E-state index in [2.05, 4.69) is 32.9 Å². The van der Waals surface area contributed by atoms with Gasteiger partial charge in [0.25, 0.3) is 0 Å². The largest absolute Gasteiger partial charge is 0.504 e. The van der Waals surface area contributed by atoms with E-state index < -0.39 is 0 Å². The Morgan fingerprint density at radius 1 is 1.10 bits per heavy atom. The summed E-state index contributed by atoms with van der Waals surface area (Å²) in [5.41, 5.74) is 3.37. The van der Waals surface area contributed by atoms with Crippen LogP contribution in [0.15, 0.2) is 65.9 Å². The molecule has 0 aliphatic rings. The lowest BCUT2D eigenvalue weighted by molar-refractivity contribution is 0.318. The van der Waals surface area contributed by atoms with E-state index in [0.29, 0.717) is 25.4 Å². The molecule has 7 nitrogen and oxygen atoms in total. The van der Waals surface area contributed by atoms with Crippen LogP contribution in [0, 0.1) is 0 Å². The van der Waals surface area contributed by atoms with Crippen LogP contribution < -0.4 is 15.4 Å². The van der Waals surface area contributed by atoms with Crippen LogP contribution in [0.25, 0.3) is 0 Å². The molecule has 0 amide bonds. The van der Waals surface area contributed by atoms with E-state index in [-0.39, 0.29) is 5.75 Å². The van der Waals surface area contributed by atoms with Crippen LogP contribution >= 0.6 is 0 Å². The summed E-state index contributed by atoms with van der Waals surface area (Å²) >= 11 is 0. The minimum absolute atomic E-state index is 0.142. The van der Waals surface area contributed by atoms with Gasteiger partial charge in [-0.3, -0.25) is 4.68 Å². The highest BCUT2D eigenvalue weighted by molar-refractivity contribution is 5.79. The number of ether oxygens (including phenoxy) is 1. The van der Waals surface area contributed by atoms with Crippen LogP contribution in [-0.2, 0) is 19.6 Å². The van der Waals surface area contributed by atoms with E-state index in [9.17, 15) is 5.11 Å². The summed E-state index contributed by atoms with van der Waals surface area (Å²) in [6.45, 7) is 7.06. The van der Waals surface area contributed by atoms with Crippen LogP contribution in [0.4, 0.5) is 0 Å². The topological polar surface area (TPSA) is 83.7 Å². The highest BCUT2D eigenvalue weighted by Gasteiger charge is 2.06. The van der Waals surface area contributed by atoms with Gasteiger partial charge >= 0.3 is 0 Å². The Labute approximate surface area is 177 Å². The number of aromatic hydroxyl groups is 1. The highest BCUT2D eigenvalue weighted by atomic mass is 16.5. The summed E-state index contributed by atoms with van der Waals surface area (Å²) in [6, 6.07) is 15.6. The smallest absolute Gasteiger partial charge is 0.191 e. The van der Waals surface area contributed by atoms with Gasteiger partial charge in [-0.2, -0.15) is 5.10 Å². The number of aliphatic imine (C=N–C) groups is 1. The molecule has 0 aliphatic carbocycles. The summed E-state index contributed by atoms with van der Waals surface area (Å²) in [7, 11) is 0. The number of rotatable bonds is 9. The monoisotopic (exact) mass is 407 g/mol. The van der Waals surface area contributed by atoms with Gasteiger partial charge in [0.1, 0.15) is 0 Å². The molecule has 3 N–H and O–H groups in total. The van der Waals surface area contributed by atoms with Crippen molar-refractivity contribution in [2.45, 2.75) is 33.5 Å². The number of nitrogens with zero attached hydrogens (tertiary/aromatic N) is 3. The van der Waals surface area contributed by atoms with Gasteiger partial charge in [-0.1, -0.05) is 30.3 Å². The zero-order valence-corrected chi connectivity index (χ0v) is 17.5. The number of benzene rings is 2. The van der Waals surface area contributed by atoms with Crippen molar-refractivity contribution in [2.24, 2.45) is 4.99 Å². The maximum atomic E-state index is 9.86. The van der Waals surface area contributed by atoms with E-state index in [1.165, 1.54) is 11.1 Å². The fraction of sp³-hybridized carbons (Fsp3) is 0.304. The SMILES string of the molecule is CCNC(=NCc1ccc(O)c(OCC)c1)NCc1ccccc1Cn1cccn1. The third kappa shape index (κ3) is 6.01. The molecule has 0 fully saturated rings. The zero-order valence-electron chi connectivity index (χ0n) is 17.5. The Morgan fingerprint density at radius 2 is 1.93 bits per heavy atom. The van der Waals surface area contributed by atoms with Gasteiger partial charge in [0.2, 0.25) is 0 Å². The molecule has 1 aromatic heterocycles. The Morgan fingerprint density at radius 3 is 2.67 bits per heavy atom. The Bertz CT molecular complexity index is 954. The normalized spacial score (nSPS) is 11.3. The highest BCUT2D eigenvalue weighted by Crippen LogP contribution is 2.27. The molecular weight excluding hydrogens is 378 g/mol. The summed E-state index contributed by atoms with van der Waals surface area (Å²) in [5.74, 6) is 1.36. The van der Waals surface area contributed by atoms with Crippen molar-refractivity contribution in [3.63, 3.8) is 0 Å². The molecule has 2 aromatic carbocycles. The maximum Gasteiger partial charge on any atom is 0.191 e. The van der Waals surface area contributed by atoms with Crippen molar-refractivity contribution in [1.82, 2.24) is 20.4 Å². The number of aromatic nitrogens is 2. The first-order valence-corrected chi connectivity index (χ1v) is 10.2. The molecule has 30 heavy (non-hydrogen) atoms. The van der Waals surface area contributed by atoms with E-state index >= 15 is 0 Å². The van der Waals surface area contributed by atoms with Crippen molar-refractivity contribution in [3.05, 3.63) is 77.6 Å². The average molecular weight is 408 g/mol. The number of hydrogen-bond acceptors (Lipinski definition) is 4. The van der Waals surface area contributed by atoms with Crippen LogP contribution in [0.1, 0.15) is 30.5 Å². The molecule has 0 saturated heterocycles. The fourth-order valence-electron chi connectivity index (χ4n) is 3.07. The summed E-state index contributed by atoms with van der Waals surface area (Å²) in [5, 5.41) is 20.9. The second-order valence-electron chi connectivity index (χ2n) is 6.76. The summed E-state index contributed by atoms with van der Waals surface area (Å²) in [4.78, 5) is 4.67. The van der Waals surface area contributed by atoms with E-state index in [0.717, 1.165) is 24.6 Å². The molecule has 0 bridgehead atoms. The van der Waals surface area contributed by atoms with Gasteiger partial charge in [0.15, 0.2) is 17.5 Å². The third-order valence-electron chi connectivity index (χ3n) is 4.54. The van der Waals surface area contributed by atoms with Crippen LogP contribution in [0.5, 0.6) is 11.5 Å². The number of nitrogens with one attached hydrogen (secondary N) is 2. The predicted octanol–water partition coefficient (Wildman–Crippen LogP) is 3.29. The Kier molecular flexibility index (Phi) is 7.71.